The van der Waals surface area contributed by atoms with Gasteiger partial charge >= 0.3 is 0 Å². The largest absolute Gasteiger partial charge is 0.305 e. The molecule has 1 aliphatic carbocycles. The van der Waals surface area contributed by atoms with Crippen molar-refractivity contribution in [2.75, 3.05) is 4.90 Å². The molecule has 3 atom stereocenters. The Morgan fingerprint density at radius 3 is 2.59 bits per heavy atom. The lowest BCUT2D eigenvalue weighted by atomic mass is 9.74. The molecule has 0 unspecified atom stereocenters. The van der Waals surface area contributed by atoms with Crippen molar-refractivity contribution in [2.45, 2.75) is 25.3 Å². The number of benzene rings is 3. The van der Waals surface area contributed by atoms with Gasteiger partial charge in [-0.05, 0) is 52.4 Å². The number of nitrogens with zero attached hydrogens (tertiary/aromatic N) is 1. The van der Waals surface area contributed by atoms with Gasteiger partial charge in [0.15, 0.2) is 0 Å². The summed E-state index contributed by atoms with van der Waals surface area (Å²) in [6.07, 6.45) is 5.42. The van der Waals surface area contributed by atoms with E-state index in [1.54, 1.807) is 6.92 Å². The second-order valence-electron chi connectivity index (χ2n) is 7.46. The Kier molecular flexibility index (Phi) is 3.64. The summed E-state index contributed by atoms with van der Waals surface area (Å²) >= 11 is 0. The molecule has 27 heavy (non-hydrogen) atoms. The monoisotopic (exact) mass is 357 g/mol. The van der Waals surface area contributed by atoms with E-state index < -0.39 is 0 Å². The first-order valence-electron chi connectivity index (χ1n) is 9.39. The third-order valence-electron chi connectivity index (χ3n) is 5.99. The first kappa shape index (κ1) is 16.2. The normalized spacial score (nSPS) is 23.3. The first-order chi connectivity index (χ1) is 13.1. The SMILES string of the molecule is CC(=O)N1c2ccc3ccccc3c2[C@@H]2C=CC[C@@H]2[C@H]1c1ccc(F)cc1. The topological polar surface area (TPSA) is 20.3 Å². The van der Waals surface area contributed by atoms with Crippen molar-refractivity contribution in [1.82, 2.24) is 0 Å². The Balaban J connectivity index is 1.78. The van der Waals surface area contributed by atoms with Crippen molar-refractivity contribution in [3.05, 3.63) is 89.8 Å². The number of carbonyl (C=O) groups excluding carboxylic acids is 1. The minimum atomic E-state index is -0.253. The fraction of sp³-hybridized carbons (Fsp3) is 0.208. The van der Waals surface area contributed by atoms with Crippen molar-refractivity contribution in [3.8, 4) is 0 Å². The van der Waals surface area contributed by atoms with E-state index in [0.29, 0.717) is 0 Å². The van der Waals surface area contributed by atoms with Crippen LogP contribution >= 0.6 is 0 Å². The van der Waals surface area contributed by atoms with Crippen molar-refractivity contribution in [1.29, 1.82) is 0 Å². The van der Waals surface area contributed by atoms with Crippen LogP contribution in [-0.2, 0) is 4.79 Å². The number of anilines is 1. The number of amides is 1. The molecule has 1 amide bonds. The lowest BCUT2D eigenvalue weighted by Gasteiger charge is -2.44. The molecule has 3 aromatic rings. The predicted octanol–water partition coefficient (Wildman–Crippen LogP) is 5.75. The number of allylic oxidation sites excluding steroid dienone is 2. The van der Waals surface area contributed by atoms with Crippen LogP contribution in [0.1, 0.15) is 36.4 Å². The van der Waals surface area contributed by atoms with Gasteiger partial charge in [0.05, 0.1) is 6.04 Å². The number of hydrogen-bond donors (Lipinski definition) is 0. The van der Waals surface area contributed by atoms with E-state index in [0.717, 1.165) is 17.7 Å². The molecule has 3 aromatic carbocycles. The average Bonchev–Trinajstić information content (AvgIpc) is 3.16. The molecule has 2 nitrogen and oxygen atoms in total. The van der Waals surface area contributed by atoms with Crippen LogP contribution in [0.5, 0.6) is 0 Å². The molecule has 1 aliphatic heterocycles. The van der Waals surface area contributed by atoms with Crippen molar-refractivity contribution >= 4 is 22.4 Å². The Bertz CT molecular complexity index is 1070. The molecule has 5 rings (SSSR count). The second kappa shape index (κ2) is 6.05. The van der Waals surface area contributed by atoms with Crippen LogP contribution in [-0.4, -0.2) is 5.91 Å². The number of carbonyl (C=O) groups is 1. The Labute approximate surface area is 157 Å². The zero-order valence-corrected chi connectivity index (χ0v) is 15.1. The molecular formula is C24H20FNO. The molecule has 2 aliphatic rings. The van der Waals surface area contributed by atoms with Crippen molar-refractivity contribution in [3.63, 3.8) is 0 Å². The van der Waals surface area contributed by atoms with Gasteiger partial charge in [-0.25, -0.2) is 4.39 Å². The van der Waals surface area contributed by atoms with E-state index in [9.17, 15) is 9.18 Å². The number of rotatable bonds is 1. The lowest BCUT2D eigenvalue weighted by molar-refractivity contribution is -0.117. The molecular weight excluding hydrogens is 337 g/mol. The maximum absolute atomic E-state index is 13.5. The van der Waals surface area contributed by atoms with Crippen LogP contribution < -0.4 is 4.90 Å². The van der Waals surface area contributed by atoms with Crippen molar-refractivity contribution in [2.24, 2.45) is 5.92 Å². The highest BCUT2D eigenvalue weighted by molar-refractivity contribution is 6.00. The molecule has 0 radical (unpaired) electrons. The van der Waals surface area contributed by atoms with Crippen LogP contribution in [0, 0.1) is 11.7 Å². The highest BCUT2D eigenvalue weighted by Crippen LogP contribution is 2.54. The van der Waals surface area contributed by atoms with Gasteiger partial charge in [0.25, 0.3) is 0 Å². The molecule has 0 N–H and O–H groups in total. The third-order valence-corrected chi connectivity index (χ3v) is 5.99. The van der Waals surface area contributed by atoms with Crippen molar-refractivity contribution < 1.29 is 9.18 Å². The smallest absolute Gasteiger partial charge is 0.224 e. The van der Waals surface area contributed by atoms with Gasteiger partial charge in [-0.15, -0.1) is 0 Å². The summed E-state index contributed by atoms with van der Waals surface area (Å²) in [5.41, 5.74) is 3.20. The summed E-state index contributed by atoms with van der Waals surface area (Å²) in [5.74, 6) is 0.289. The third kappa shape index (κ3) is 2.42. The fourth-order valence-corrected chi connectivity index (χ4v) is 4.91. The van der Waals surface area contributed by atoms with E-state index in [1.165, 1.54) is 28.5 Å². The van der Waals surface area contributed by atoms with Crippen LogP contribution in [0.25, 0.3) is 10.8 Å². The van der Waals surface area contributed by atoms with Gasteiger partial charge < -0.3 is 4.90 Å². The molecule has 0 spiro atoms. The Hall–Kier alpha value is -2.94. The second-order valence-corrected chi connectivity index (χ2v) is 7.46. The highest BCUT2D eigenvalue weighted by atomic mass is 19.1. The van der Waals surface area contributed by atoms with Gasteiger partial charge in [0.1, 0.15) is 5.82 Å². The van der Waals surface area contributed by atoms with Gasteiger partial charge in [0, 0.05) is 18.5 Å². The summed E-state index contributed by atoms with van der Waals surface area (Å²) in [5, 5.41) is 2.40. The molecule has 0 fully saturated rings. The van der Waals surface area contributed by atoms with E-state index in [-0.39, 0.29) is 29.6 Å². The Morgan fingerprint density at radius 2 is 1.81 bits per heavy atom. The van der Waals surface area contributed by atoms with Gasteiger partial charge in [0.2, 0.25) is 5.91 Å². The number of fused-ring (bicyclic) bond motifs is 5. The van der Waals surface area contributed by atoms with Gasteiger partial charge in [-0.1, -0.05) is 54.6 Å². The molecule has 134 valence electrons. The molecule has 3 heteroatoms. The van der Waals surface area contributed by atoms with Crippen LogP contribution in [0.3, 0.4) is 0 Å². The molecule has 0 aromatic heterocycles. The Morgan fingerprint density at radius 1 is 1.04 bits per heavy atom. The lowest BCUT2D eigenvalue weighted by Crippen LogP contribution is -2.42. The maximum Gasteiger partial charge on any atom is 0.224 e. The summed E-state index contributed by atoms with van der Waals surface area (Å²) in [4.78, 5) is 14.7. The summed E-state index contributed by atoms with van der Waals surface area (Å²) < 4.78 is 13.5. The molecule has 0 saturated heterocycles. The quantitative estimate of drug-likeness (QED) is 0.508. The molecule has 0 saturated carbocycles. The van der Waals surface area contributed by atoms with E-state index in [2.05, 4.69) is 42.5 Å². The zero-order valence-electron chi connectivity index (χ0n) is 15.1. The van der Waals surface area contributed by atoms with Crippen LogP contribution in [0.2, 0.25) is 0 Å². The summed E-state index contributed by atoms with van der Waals surface area (Å²) in [6.45, 7) is 1.62. The summed E-state index contributed by atoms with van der Waals surface area (Å²) in [6, 6.07) is 19.0. The minimum Gasteiger partial charge on any atom is -0.305 e. The number of hydrogen-bond acceptors (Lipinski definition) is 1. The summed E-state index contributed by atoms with van der Waals surface area (Å²) in [7, 11) is 0. The molecule has 1 heterocycles. The van der Waals surface area contributed by atoms with Gasteiger partial charge in [-0.3, -0.25) is 4.79 Å². The van der Waals surface area contributed by atoms with Crippen LogP contribution in [0.15, 0.2) is 72.8 Å². The number of halogens is 1. The fourth-order valence-electron chi connectivity index (χ4n) is 4.91. The van der Waals surface area contributed by atoms with E-state index in [1.807, 2.05) is 23.1 Å². The van der Waals surface area contributed by atoms with Crippen LogP contribution in [0.4, 0.5) is 10.1 Å². The van der Waals surface area contributed by atoms with E-state index >= 15 is 0 Å². The highest BCUT2D eigenvalue weighted by Gasteiger charge is 2.44. The standard InChI is InChI=1S/C24H20FNO/c1-15(27)26-22-14-11-16-5-2-3-6-19(16)23(22)20-7-4-8-21(20)24(26)17-9-12-18(25)13-10-17/h2-7,9-14,20-21,24H,8H2,1H3/t20-,21+,24-/m1/s1. The minimum absolute atomic E-state index is 0.0196. The van der Waals surface area contributed by atoms with E-state index in [4.69, 9.17) is 0 Å². The molecule has 0 bridgehead atoms. The zero-order chi connectivity index (χ0) is 18.5. The average molecular weight is 357 g/mol. The van der Waals surface area contributed by atoms with Gasteiger partial charge in [-0.2, -0.15) is 0 Å². The maximum atomic E-state index is 13.5. The predicted molar refractivity (Wildman–Crippen MR) is 106 cm³/mol. The first-order valence-corrected chi connectivity index (χ1v) is 9.39.